The molecular weight excluding hydrogens is 431 g/mol. The van der Waals surface area contributed by atoms with Gasteiger partial charge in [-0.1, -0.05) is 18.7 Å². The lowest BCUT2D eigenvalue weighted by Crippen LogP contribution is -2.40. The van der Waals surface area contributed by atoms with Crippen LogP contribution in [0.3, 0.4) is 0 Å². The zero-order chi connectivity index (χ0) is 18.7. The minimum atomic E-state index is -0.505. The van der Waals surface area contributed by atoms with Crippen LogP contribution in [0, 0.1) is 0 Å². The number of alkyl halides is 1. The summed E-state index contributed by atoms with van der Waals surface area (Å²) < 4.78 is 4.68. The number of rotatable bonds is 9. The number of carbonyl (C=O) groups excluding carboxylic acids is 1. The molecule has 1 aliphatic rings. The van der Waals surface area contributed by atoms with E-state index in [-0.39, 0.29) is 6.04 Å². The molecule has 0 aromatic carbocycles. The third kappa shape index (κ3) is 10.3. The molecule has 0 fully saturated rings. The molecule has 6 nitrogen and oxygen atoms in total. The van der Waals surface area contributed by atoms with E-state index in [0.29, 0.717) is 6.54 Å². The Labute approximate surface area is 164 Å². The van der Waals surface area contributed by atoms with Gasteiger partial charge in [0.1, 0.15) is 5.84 Å². The van der Waals surface area contributed by atoms with Crippen molar-refractivity contribution >= 4 is 34.5 Å². The summed E-state index contributed by atoms with van der Waals surface area (Å²) in [7, 11) is 0. The first-order chi connectivity index (χ1) is 11.8. The minimum absolute atomic E-state index is 0.190. The van der Waals surface area contributed by atoms with Crippen LogP contribution in [-0.2, 0) is 4.74 Å². The Morgan fingerprint density at radius 3 is 2.92 bits per heavy atom. The number of nitrogens with zero attached hydrogens (tertiary/aromatic N) is 1. The maximum atomic E-state index is 11.6. The molecular formula is C18H29IN4O2. The second-order valence-electron chi connectivity index (χ2n) is 6.26. The van der Waals surface area contributed by atoms with Gasteiger partial charge in [0.25, 0.3) is 0 Å². The zero-order valence-electron chi connectivity index (χ0n) is 15.1. The fourth-order valence-electron chi connectivity index (χ4n) is 2.26. The van der Waals surface area contributed by atoms with Gasteiger partial charge in [-0.05, 0) is 74.6 Å². The van der Waals surface area contributed by atoms with E-state index in [2.05, 4.69) is 50.9 Å². The number of hydrogen-bond donors (Lipinski definition) is 3. The first-order valence-corrected chi connectivity index (χ1v) is 9.62. The van der Waals surface area contributed by atoms with E-state index >= 15 is 0 Å². The molecule has 0 heterocycles. The Bertz CT molecular complexity index is 536. The van der Waals surface area contributed by atoms with Gasteiger partial charge in [-0.15, -0.1) is 0 Å². The van der Waals surface area contributed by atoms with Gasteiger partial charge in [-0.3, -0.25) is 0 Å². The van der Waals surface area contributed by atoms with Gasteiger partial charge in [0.05, 0.1) is 6.04 Å². The van der Waals surface area contributed by atoms with Crippen molar-refractivity contribution in [3.05, 3.63) is 36.7 Å². The van der Waals surface area contributed by atoms with Crippen LogP contribution in [0.1, 0.15) is 46.0 Å². The number of unbranched alkanes of at least 4 members (excludes halogenated alkanes) is 1. The topological polar surface area (TPSA) is 88.7 Å². The molecule has 0 unspecified atom stereocenters. The molecule has 1 aliphatic carbocycles. The number of nitrogens with one attached hydrogen (secondary N) is 2. The Hall–Kier alpha value is -1.35. The number of allylic oxidation sites excluding steroid dienone is 4. The van der Waals surface area contributed by atoms with Crippen molar-refractivity contribution in [2.45, 2.75) is 55.6 Å². The van der Waals surface area contributed by atoms with Crippen molar-refractivity contribution in [1.29, 1.82) is 0 Å². The van der Waals surface area contributed by atoms with E-state index in [1.165, 1.54) is 6.20 Å². The van der Waals surface area contributed by atoms with Crippen molar-refractivity contribution in [1.82, 2.24) is 10.6 Å². The van der Waals surface area contributed by atoms with E-state index < -0.39 is 9.70 Å². The van der Waals surface area contributed by atoms with Crippen LogP contribution >= 0.6 is 22.6 Å². The molecule has 0 aliphatic heterocycles. The van der Waals surface area contributed by atoms with Crippen LogP contribution in [0.25, 0.3) is 0 Å². The third-order valence-corrected chi connectivity index (χ3v) is 3.65. The van der Waals surface area contributed by atoms with Gasteiger partial charge in [-0.25, -0.2) is 9.79 Å². The zero-order valence-corrected chi connectivity index (χ0v) is 17.2. The Morgan fingerprint density at radius 1 is 1.56 bits per heavy atom. The van der Waals surface area contributed by atoms with Crippen molar-refractivity contribution < 1.29 is 9.53 Å². The van der Waals surface area contributed by atoms with E-state index in [4.69, 9.17) is 10.5 Å². The van der Waals surface area contributed by atoms with Crippen LogP contribution < -0.4 is 16.4 Å². The van der Waals surface area contributed by atoms with Crippen molar-refractivity contribution in [3.63, 3.8) is 0 Å². The number of aliphatic imine (C=N–C) groups is 1. The molecule has 1 rings (SSSR count). The highest BCUT2D eigenvalue weighted by molar-refractivity contribution is 14.1. The van der Waals surface area contributed by atoms with Crippen molar-refractivity contribution in [3.8, 4) is 0 Å². The number of nitrogens with two attached hydrogens (primary N) is 1. The standard InChI is InChI=1S/C18H29IN4O2/c1-4-21-16(23-14-10-6-5-7-11-14)15(20)12-8-9-13-22-17(24)25-18(2,3)19/h4-6,10,15H,1,7-9,11-13,20H2,2-3H3,(H,21,23)(H,22,24)/t15-/m0/s1. The summed E-state index contributed by atoms with van der Waals surface area (Å²) in [6.07, 6.45) is 11.8. The molecule has 0 spiro atoms. The largest absolute Gasteiger partial charge is 0.433 e. The number of hydrogen-bond acceptors (Lipinski definition) is 4. The summed E-state index contributed by atoms with van der Waals surface area (Å²) in [5, 5.41) is 6.06. The molecule has 1 atom stereocenters. The molecule has 25 heavy (non-hydrogen) atoms. The number of halogens is 1. The molecule has 0 aromatic heterocycles. The lowest BCUT2D eigenvalue weighted by Gasteiger charge is -2.19. The van der Waals surface area contributed by atoms with Gasteiger partial charge in [0.2, 0.25) is 0 Å². The number of amides is 1. The third-order valence-electron chi connectivity index (χ3n) is 3.43. The summed E-state index contributed by atoms with van der Waals surface area (Å²) in [4.78, 5) is 15.8. The summed E-state index contributed by atoms with van der Waals surface area (Å²) in [5.74, 6) is 0.732. The molecule has 140 valence electrons. The normalized spacial score (nSPS) is 16.0. The number of ether oxygens (including phenoxy) is 1. The maximum Gasteiger partial charge on any atom is 0.408 e. The number of alkyl carbamates (subject to hydrolysis) is 1. The van der Waals surface area contributed by atoms with E-state index in [1.54, 1.807) is 0 Å². The summed E-state index contributed by atoms with van der Waals surface area (Å²) in [5.41, 5.74) is 7.36. The van der Waals surface area contributed by atoms with Gasteiger partial charge in [-0.2, -0.15) is 0 Å². The predicted molar refractivity (Wildman–Crippen MR) is 112 cm³/mol. The average Bonchev–Trinajstić information content (AvgIpc) is 2.53. The van der Waals surface area contributed by atoms with Crippen LogP contribution in [0.15, 0.2) is 41.7 Å². The van der Waals surface area contributed by atoms with Gasteiger partial charge >= 0.3 is 6.09 Å². The van der Waals surface area contributed by atoms with Gasteiger partial charge < -0.3 is 21.1 Å². The predicted octanol–water partition coefficient (Wildman–Crippen LogP) is 3.75. The minimum Gasteiger partial charge on any atom is -0.433 e. The molecule has 0 bridgehead atoms. The Kier molecular flexibility index (Phi) is 9.81. The molecule has 4 N–H and O–H groups in total. The maximum absolute atomic E-state index is 11.6. The number of carbonyl (C=O) groups is 1. The van der Waals surface area contributed by atoms with Crippen LogP contribution in [0.2, 0.25) is 0 Å². The average molecular weight is 460 g/mol. The molecule has 1 amide bonds. The van der Waals surface area contributed by atoms with Crippen molar-refractivity contribution in [2.75, 3.05) is 6.54 Å². The van der Waals surface area contributed by atoms with Gasteiger partial charge in [0.15, 0.2) is 3.61 Å². The second-order valence-corrected chi connectivity index (χ2v) is 8.86. The molecule has 0 aromatic rings. The fraction of sp³-hybridized carbons (Fsp3) is 0.556. The Morgan fingerprint density at radius 2 is 2.32 bits per heavy atom. The quantitative estimate of drug-likeness (QED) is 0.161. The molecule has 0 radical (unpaired) electrons. The summed E-state index contributed by atoms with van der Waals surface area (Å²) in [6.45, 7) is 7.88. The first kappa shape index (κ1) is 21.7. The van der Waals surface area contributed by atoms with Gasteiger partial charge in [0, 0.05) is 18.4 Å². The number of amidine groups is 1. The van der Waals surface area contributed by atoms with Crippen LogP contribution in [-0.4, -0.2) is 28.1 Å². The van der Waals surface area contributed by atoms with Crippen LogP contribution in [0.5, 0.6) is 0 Å². The smallest absolute Gasteiger partial charge is 0.408 e. The Balaban J connectivity index is 2.31. The second kappa shape index (κ2) is 11.3. The lowest BCUT2D eigenvalue weighted by atomic mass is 10.1. The molecule has 0 saturated carbocycles. The highest BCUT2D eigenvalue weighted by Crippen LogP contribution is 2.17. The lowest BCUT2D eigenvalue weighted by molar-refractivity contribution is 0.107. The monoisotopic (exact) mass is 460 g/mol. The summed E-state index contributed by atoms with van der Waals surface area (Å²) in [6, 6.07) is -0.190. The molecule has 7 heteroatoms. The fourth-order valence-corrected chi connectivity index (χ4v) is 2.46. The SMILES string of the molecule is C=CN=C(NC1=CC=CCC1)[C@@H](N)CCCCNC(=O)OC(C)(C)I. The first-order valence-electron chi connectivity index (χ1n) is 8.54. The highest BCUT2D eigenvalue weighted by Gasteiger charge is 2.17. The molecule has 0 saturated heterocycles. The van der Waals surface area contributed by atoms with E-state index in [9.17, 15) is 4.79 Å². The summed E-state index contributed by atoms with van der Waals surface area (Å²) >= 11 is 2.07. The van der Waals surface area contributed by atoms with E-state index in [0.717, 1.165) is 43.6 Å². The van der Waals surface area contributed by atoms with E-state index in [1.807, 2.05) is 26.0 Å². The van der Waals surface area contributed by atoms with Crippen LogP contribution in [0.4, 0.5) is 4.79 Å². The van der Waals surface area contributed by atoms with Crippen molar-refractivity contribution in [2.24, 2.45) is 10.7 Å². The highest BCUT2D eigenvalue weighted by atomic mass is 127.